The molecule has 0 atom stereocenters. The molecule has 7 rings (SSSR count). The number of aromatic hydroxyl groups is 1. The van der Waals surface area contributed by atoms with E-state index in [1.54, 1.807) is 40.9 Å². The maximum atomic E-state index is 11.9. The summed E-state index contributed by atoms with van der Waals surface area (Å²) in [5.41, 5.74) is 1.70. The van der Waals surface area contributed by atoms with Gasteiger partial charge in [-0.05, 0) is 144 Å². The number of aromatic nitrogens is 3. The summed E-state index contributed by atoms with van der Waals surface area (Å²) in [4.78, 5) is 48.8. The maximum absolute atomic E-state index is 11.9. The number of nitrogens with zero attached hydrogens (tertiary/aromatic N) is 3. The molecule has 1 saturated heterocycles. The first-order chi connectivity index (χ1) is 30.0. The predicted octanol–water partition coefficient (Wildman–Crippen LogP) is 11.5. The molecule has 350 valence electrons. The Balaban J connectivity index is 0.000000188. The third kappa shape index (κ3) is 16.1. The molecule has 6 aromatic rings. The van der Waals surface area contributed by atoms with Crippen molar-refractivity contribution in [3.05, 3.63) is 74.1 Å². The van der Waals surface area contributed by atoms with Crippen molar-refractivity contribution in [1.29, 1.82) is 0 Å². The van der Waals surface area contributed by atoms with Crippen LogP contribution in [0.1, 0.15) is 124 Å². The quantitative estimate of drug-likeness (QED) is 0.0788. The average Bonchev–Trinajstić information content (AvgIpc) is 3.92. The van der Waals surface area contributed by atoms with Gasteiger partial charge in [0.05, 0.1) is 76.1 Å². The minimum Gasteiger partial charge on any atom is -0.508 e. The molecule has 0 saturated carbocycles. The number of rotatable bonds is 10. The van der Waals surface area contributed by atoms with E-state index in [0.29, 0.717) is 38.5 Å². The first-order valence-corrected chi connectivity index (χ1v) is 24.8. The van der Waals surface area contributed by atoms with Crippen molar-refractivity contribution in [3.8, 4) is 5.75 Å². The number of aryl methyl sites for hydroxylation is 3. The highest BCUT2D eigenvalue weighted by Crippen LogP contribution is 2.37. The number of ether oxygens (including phenoxy) is 3. The Bertz CT molecular complexity index is 2490. The van der Waals surface area contributed by atoms with Crippen LogP contribution in [0.5, 0.6) is 5.75 Å². The minimum absolute atomic E-state index is 0.173. The summed E-state index contributed by atoms with van der Waals surface area (Å²) < 4.78 is 32.3. The largest absolute Gasteiger partial charge is 0.508 e. The number of thiazole rings is 3. The van der Waals surface area contributed by atoms with Gasteiger partial charge in [-0.1, -0.05) is 22.0 Å². The van der Waals surface area contributed by atoms with Gasteiger partial charge in [-0.2, -0.15) is 0 Å². The van der Waals surface area contributed by atoms with E-state index in [2.05, 4.69) is 36.9 Å². The molecule has 1 aliphatic heterocycles. The third-order valence-corrected chi connectivity index (χ3v) is 13.4. The molecule has 0 amide bonds. The molecule has 0 aliphatic carbocycles. The number of fused-ring (bicyclic) bond motifs is 3. The molecule has 1 fully saturated rings. The van der Waals surface area contributed by atoms with Gasteiger partial charge in [0.2, 0.25) is 0 Å². The van der Waals surface area contributed by atoms with E-state index >= 15 is 0 Å². The van der Waals surface area contributed by atoms with Crippen LogP contribution in [0, 0.1) is 0 Å². The molecule has 3 aromatic carbocycles. The smallest absolute Gasteiger partial charge is 0.494 e. The van der Waals surface area contributed by atoms with Crippen molar-refractivity contribution in [2.24, 2.45) is 0 Å². The Hall–Kier alpha value is -4.00. The molecule has 0 spiro atoms. The van der Waals surface area contributed by atoms with E-state index in [1.807, 2.05) is 120 Å². The Labute approximate surface area is 403 Å². The molecular formula is C48H61BBrN3O9S3. The lowest BCUT2D eigenvalue weighted by Crippen LogP contribution is -2.41. The van der Waals surface area contributed by atoms with E-state index < -0.39 is 16.8 Å². The lowest BCUT2D eigenvalue weighted by atomic mass is 9.79. The molecular weight excluding hydrogens is 949 g/mol. The van der Waals surface area contributed by atoms with Crippen LogP contribution < -0.4 is 5.46 Å². The molecule has 17 heteroatoms. The fraction of sp³-hybridized carbons (Fsp3) is 0.500. The number of benzene rings is 3. The molecule has 1 aliphatic rings. The first-order valence-electron chi connectivity index (χ1n) is 21.6. The zero-order chi connectivity index (χ0) is 48.1. The summed E-state index contributed by atoms with van der Waals surface area (Å²) in [6.07, 6.45) is 2.81. The summed E-state index contributed by atoms with van der Waals surface area (Å²) in [5.74, 6) is -0.350. The topological polar surface area (TPSA) is 156 Å². The van der Waals surface area contributed by atoms with E-state index in [0.717, 1.165) is 55.6 Å². The lowest BCUT2D eigenvalue weighted by Gasteiger charge is -2.32. The van der Waals surface area contributed by atoms with Crippen LogP contribution in [-0.4, -0.2) is 73.1 Å². The average molecular weight is 1010 g/mol. The molecule has 0 unspecified atom stereocenters. The number of carbonyl (C=O) groups is 3. The number of hydrogen-bond acceptors (Lipinski definition) is 15. The van der Waals surface area contributed by atoms with Crippen LogP contribution in [0.25, 0.3) is 30.6 Å². The number of esters is 3. The van der Waals surface area contributed by atoms with Gasteiger partial charge in [0, 0.05) is 23.7 Å². The molecule has 65 heavy (non-hydrogen) atoms. The Morgan fingerprint density at radius 1 is 0.585 bits per heavy atom. The second-order valence-corrected chi connectivity index (χ2v) is 23.9. The number of phenolic OH excluding ortho intramolecular Hbond substituents is 1. The van der Waals surface area contributed by atoms with Crippen LogP contribution in [-0.2, 0) is 57.2 Å². The number of carbonyl (C=O) groups excluding carboxylic acids is 3. The minimum atomic E-state index is -0.456. The second-order valence-electron chi connectivity index (χ2n) is 19.7. The van der Waals surface area contributed by atoms with Crippen LogP contribution in [0.15, 0.2) is 59.1 Å². The lowest BCUT2D eigenvalue weighted by molar-refractivity contribution is -0.155. The summed E-state index contributed by atoms with van der Waals surface area (Å²) in [6.45, 7) is 25.0. The highest BCUT2D eigenvalue weighted by Gasteiger charge is 2.51. The standard InChI is InChI=1S/C20H28BNO4S.C14H16BrNO2S.C14H17NO3S/c1-18(2,3)24-17(23)11-10-16-22-14-9-8-13(12-15(14)27-16)21-25-19(4,5)20(6,7)26-21;1-14(2,3)18-13(17)7-6-12-16-10-5-4-9(15)8-11(10)19-12;1-14(2,3)18-13(17)7-6-12-15-10-5-4-9(16)8-11(10)19-12/h8-9,12H,10-11H2,1-7H3;4-5,8H,6-7H2,1-3H3;4-5,8,16H,6-7H2,1-3H3. The number of hydrogen-bond donors (Lipinski definition) is 1. The van der Waals surface area contributed by atoms with Gasteiger partial charge < -0.3 is 28.6 Å². The number of halogens is 1. The second kappa shape index (κ2) is 20.9. The van der Waals surface area contributed by atoms with Crippen molar-refractivity contribution in [2.75, 3.05) is 0 Å². The van der Waals surface area contributed by atoms with Gasteiger partial charge in [0.15, 0.2) is 0 Å². The van der Waals surface area contributed by atoms with Crippen LogP contribution >= 0.6 is 49.9 Å². The zero-order valence-corrected chi connectivity index (χ0v) is 43.7. The van der Waals surface area contributed by atoms with Gasteiger partial charge in [0.1, 0.15) is 22.6 Å². The van der Waals surface area contributed by atoms with Crippen LogP contribution in [0.2, 0.25) is 0 Å². The molecule has 4 heterocycles. The van der Waals surface area contributed by atoms with E-state index in [9.17, 15) is 19.5 Å². The first kappa shape index (κ1) is 52.0. The molecule has 3 aromatic heterocycles. The monoisotopic (exact) mass is 1010 g/mol. The van der Waals surface area contributed by atoms with Gasteiger partial charge in [0.25, 0.3) is 0 Å². The normalized spacial score (nSPS) is 14.7. The van der Waals surface area contributed by atoms with E-state index in [1.165, 1.54) is 11.3 Å². The summed E-state index contributed by atoms with van der Waals surface area (Å²) in [7, 11) is -0.383. The van der Waals surface area contributed by atoms with Gasteiger partial charge in [-0.15, -0.1) is 34.0 Å². The molecule has 1 N–H and O–H groups in total. The predicted molar refractivity (Wildman–Crippen MR) is 266 cm³/mol. The van der Waals surface area contributed by atoms with Gasteiger partial charge in [-0.25, -0.2) is 15.0 Å². The van der Waals surface area contributed by atoms with Crippen molar-refractivity contribution in [3.63, 3.8) is 0 Å². The van der Waals surface area contributed by atoms with Crippen molar-refractivity contribution >= 4 is 111 Å². The molecule has 12 nitrogen and oxygen atoms in total. The van der Waals surface area contributed by atoms with Crippen LogP contribution in [0.3, 0.4) is 0 Å². The van der Waals surface area contributed by atoms with Gasteiger partial charge >= 0.3 is 25.0 Å². The van der Waals surface area contributed by atoms with Crippen molar-refractivity contribution in [1.82, 2.24) is 15.0 Å². The fourth-order valence-corrected chi connectivity index (χ4v) is 9.68. The van der Waals surface area contributed by atoms with Gasteiger partial charge in [-0.3, -0.25) is 14.4 Å². The van der Waals surface area contributed by atoms with Crippen molar-refractivity contribution < 1.29 is 43.0 Å². The Kier molecular flexibility index (Phi) is 16.7. The van der Waals surface area contributed by atoms with E-state index in [4.69, 9.17) is 23.5 Å². The SMILES string of the molecule is CC(C)(C)OC(=O)CCc1nc2ccc(B3OC(C)(C)C(C)(C)O3)cc2s1.CC(C)(C)OC(=O)CCc1nc2ccc(Br)cc2s1.CC(C)(C)OC(=O)CCc1nc2ccc(O)cc2s1. The summed E-state index contributed by atoms with van der Waals surface area (Å²) in [6, 6.07) is 17.1. The van der Waals surface area contributed by atoms with Crippen molar-refractivity contribution in [2.45, 2.75) is 157 Å². The third-order valence-electron chi connectivity index (χ3n) is 9.68. The fourth-order valence-electron chi connectivity index (χ4n) is 6.15. The zero-order valence-electron chi connectivity index (χ0n) is 39.7. The highest BCUT2D eigenvalue weighted by molar-refractivity contribution is 9.10. The molecule has 0 radical (unpaired) electrons. The highest BCUT2D eigenvalue weighted by atomic mass is 79.9. The Morgan fingerprint density at radius 2 is 0.938 bits per heavy atom. The Morgan fingerprint density at radius 3 is 1.34 bits per heavy atom. The maximum Gasteiger partial charge on any atom is 0.494 e. The van der Waals surface area contributed by atoms with Crippen LogP contribution in [0.4, 0.5) is 0 Å². The summed E-state index contributed by atoms with van der Waals surface area (Å²) >= 11 is 8.16. The summed E-state index contributed by atoms with van der Waals surface area (Å²) in [5, 5.41) is 12.2. The molecule has 0 bridgehead atoms. The number of phenols is 1. The van der Waals surface area contributed by atoms with E-state index in [-0.39, 0.29) is 42.0 Å².